The molecule has 0 radical (unpaired) electrons. The minimum atomic E-state index is -0.532. The molecule has 158 valence electrons. The molecule has 1 atom stereocenters. The highest BCUT2D eigenvalue weighted by molar-refractivity contribution is 6.31. The molecule has 0 aliphatic carbocycles. The molecule has 31 heavy (non-hydrogen) atoms. The Labute approximate surface area is 185 Å². The summed E-state index contributed by atoms with van der Waals surface area (Å²) in [6, 6.07) is 14.2. The molecule has 6 nitrogen and oxygen atoms in total. The van der Waals surface area contributed by atoms with Crippen molar-refractivity contribution < 1.29 is 4.79 Å². The SMILES string of the molecule is Cc1c(Cl)cccc1NC(=O)C(C)n1c(C)c2cnn(-c3ccccc3)c(=O)c2c1C. The molecule has 0 saturated heterocycles. The number of para-hydroxylation sites is 1. The topological polar surface area (TPSA) is 68.9 Å². The number of halogens is 1. The number of benzene rings is 2. The van der Waals surface area contributed by atoms with Crippen LogP contribution in [0.3, 0.4) is 0 Å². The molecule has 0 saturated carbocycles. The molecule has 2 heterocycles. The van der Waals surface area contributed by atoms with Crippen molar-refractivity contribution >= 4 is 34.0 Å². The van der Waals surface area contributed by atoms with Crippen molar-refractivity contribution in [1.82, 2.24) is 14.3 Å². The third kappa shape index (κ3) is 3.53. The summed E-state index contributed by atoms with van der Waals surface area (Å²) in [4.78, 5) is 26.3. The van der Waals surface area contributed by atoms with E-state index < -0.39 is 6.04 Å². The van der Waals surface area contributed by atoms with Crippen LogP contribution in [0.4, 0.5) is 5.69 Å². The predicted octanol–water partition coefficient (Wildman–Crippen LogP) is 4.97. The van der Waals surface area contributed by atoms with Crippen molar-refractivity contribution in [2.45, 2.75) is 33.7 Å². The predicted molar refractivity (Wildman–Crippen MR) is 124 cm³/mol. The van der Waals surface area contributed by atoms with E-state index in [0.29, 0.717) is 21.8 Å². The standard InChI is InChI=1S/C24H23ClN4O2/c1-14-20(25)11-8-12-21(14)27-23(30)17(4)28-15(2)19-13-26-29(18-9-6-5-7-10-18)24(31)22(19)16(28)3/h5-13,17H,1-4H3,(H,27,30). The van der Waals surface area contributed by atoms with E-state index in [2.05, 4.69) is 10.4 Å². The number of nitrogens with zero attached hydrogens (tertiary/aromatic N) is 3. The van der Waals surface area contributed by atoms with Crippen LogP contribution in [0, 0.1) is 20.8 Å². The van der Waals surface area contributed by atoms with Gasteiger partial charge in [-0.05, 0) is 57.5 Å². The van der Waals surface area contributed by atoms with E-state index >= 15 is 0 Å². The van der Waals surface area contributed by atoms with Crippen LogP contribution >= 0.6 is 11.6 Å². The van der Waals surface area contributed by atoms with Gasteiger partial charge in [-0.1, -0.05) is 35.9 Å². The van der Waals surface area contributed by atoms with E-state index in [0.717, 1.165) is 22.3 Å². The van der Waals surface area contributed by atoms with Gasteiger partial charge in [0.15, 0.2) is 0 Å². The molecule has 4 aromatic rings. The fourth-order valence-electron chi connectivity index (χ4n) is 4.01. The van der Waals surface area contributed by atoms with Gasteiger partial charge >= 0.3 is 0 Å². The number of amides is 1. The van der Waals surface area contributed by atoms with Crippen molar-refractivity contribution in [3.8, 4) is 5.69 Å². The van der Waals surface area contributed by atoms with Gasteiger partial charge in [-0.3, -0.25) is 9.59 Å². The second-order valence-electron chi connectivity index (χ2n) is 7.60. The molecular weight excluding hydrogens is 412 g/mol. The maximum absolute atomic E-state index is 13.3. The lowest BCUT2D eigenvalue weighted by atomic mass is 10.2. The molecule has 1 amide bonds. The Bertz CT molecular complexity index is 1360. The van der Waals surface area contributed by atoms with E-state index in [1.807, 2.05) is 68.7 Å². The van der Waals surface area contributed by atoms with Gasteiger partial charge in [0.2, 0.25) is 5.91 Å². The molecule has 4 rings (SSSR count). The number of hydrogen-bond donors (Lipinski definition) is 1. The number of carbonyl (C=O) groups excluding carboxylic acids is 1. The average molecular weight is 435 g/mol. The van der Waals surface area contributed by atoms with Crippen molar-refractivity contribution in [2.75, 3.05) is 5.32 Å². The first-order chi connectivity index (χ1) is 14.8. The first kappa shape index (κ1) is 20.9. The van der Waals surface area contributed by atoms with E-state index in [1.54, 1.807) is 18.3 Å². The second kappa shape index (κ2) is 8.04. The maximum atomic E-state index is 13.3. The minimum absolute atomic E-state index is 0.187. The zero-order chi connectivity index (χ0) is 22.3. The van der Waals surface area contributed by atoms with Crippen LogP contribution < -0.4 is 10.9 Å². The van der Waals surface area contributed by atoms with Crippen LogP contribution in [0.15, 0.2) is 59.5 Å². The summed E-state index contributed by atoms with van der Waals surface area (Å²) >= 11 is 6.18. The van der Waals surface area contributed by atoms with Crippen LogP contribution in [-0.4, -0.2) is 20.3 Å². The van der Waals surface area contributed by atoms with Crippen LogP contribution in [0.5, 0.6) is 0 Å². The molecule has 0 aliphatic heterocycles. The summed E-state index contributed by atoms with van der Waals surface area (Å²) in [6.07, 6.45) is 1.69. The Kier molecular flexibility index (Phi) is 5.41. The van der Waals surface area contributed by atoms with Gasteiger partial charge in [-0.25, -0.2) is 0 Å². The summed E-state index contributed by atoms with van der Waals surface area (Å²) in [7, 11) is 0. The summed E-state index contributed by atoms with van der Waals surface area (Å²) in [5.41, 5.74) is 3.52. The summed E-state index contributed by atoms with van der Waals surface area (Å²) in [6.45, 7) is 7.44. The lowest BCUT2D eigenvalue weighted by molar-refractivity contribution is -0.118. The van der Waals surface area contributed by atoms with Crippen LogP contribution in [0.1, 0.15) is 29.9 Å². The second-order valence-corrected chi connectivity index (χ2v) is 8.01. The third-order valence-electron chi connectivity index (χ3n) is 5.75. The first-order valence-corrected chi connectivity index (χ1v) is 10.4. The number of aryl methyl sites for hydroxylation is 2. The Morgan fingerprint density at radius 1 is 1.03 bits per heavy atom. The smallest absolute Gasteiger partial charge is 0.281 e. The largest absolute Gasteiger partial charge is 0.336 e. The van der Waals surface area contributed by atoms with E-state index in [4.69, 9.17) is 11.6 Å². The van der Waals surface area contributed by atoms with E-state index in [9.17, 15) is 9.59 Å². The minimum Gasteiger partial charge on any atom is -0.336 e. The highest BCUT2D eigenvalue weighted by Gasteiger charge is 2.24. The molecule has 0 bridgehead atoms. The lowest BCUT2D eigenvalue weighted by Crippen LogP contribution is -2.25. The van der Waals surface area contributed by atoms with Crippen molar-refractivity contribution in [2.24, 2.45) is 0 Å². The van der Waals surface area contributed by atoms with Gasteiger partial charge < -0.3 is 9.88 Å². The lowest BCUT2D eigenvalue weighted by Gasteiger charge is -2.19. The van der Waals surface area contributed by atoms with Gasteiger partial charge in [-0.2, -0.15) is 9.78 Å². The van der Waals surface area contributed by atoms with Gasteiger partial charge in [0.25, 0.3) is 5.56 Å². The highest BCUT2D eigenvalue weighted by Crippen LogP contribution is 2.28. The monoisotopic (exact) mass is 434 g/mol. The molecule has 2 aromatic carbocycles. The third-order valence-corrected chi connectivity index (χ3v) is 6.15. The number of aromatic nitrogens is 3. The quantitative estimate of drug-likeness (QED) is 0.493. The van der Waals surface area contributed by atoms with Gasteiger partial charge in [0.1, 0.15) is 6.04 Å². The first-order valence-electron chi connectivity index (χ1n) is 10.0. The Balaban J connectivity index is 1.77. The molecule has 1 unspecified atom stereocenters. The van der Waals surface area contributed by atoms with Crippen molar-refractivity contribution in [3.05, 3.63) is 87.1 Å². The average Bonchev–Trinajstić information content (AvgIpc) is 3.02. The van der Waals surface area contributed by atoms with Crippen LogP contribution in [0.2, 0.25) is 5.02 Å². The van der Waals surface area contributed by atoms with Crippen molar-refractivity contribution in [1.29, 1.82) is 0 Å². The van der Waals surface area contributed by atoms with Gasteiger partial charge in [0.05, 0.1) is 17.3 Å². The molecule has 0 fully saturated rings. The van der Waals surface area contributed by atoms with Crippen LogP contribution in [-0.2, 0) is 4.79 Å². The Morgan fingerprint density at radius 2 is 1.74 bits per heavy atom. The number of carbonyl (C=O) groups is 1. The normalized spacial score (nSPS) is 12.2. The highest BCUT2D eigenvalue weighted by atomic mass is 35.5. The van der Waals surface area contributed by atoms with E-state index in [-0.39, 0.29) is 11.5 Å². The number of rotatable bonds is 4. The Morgan fingerprint density at radius 3 is 2.45 bits per heavy atom. The molecule has 2 aromatic heterocycles. The molecular formula is C24H23ClN4O2. The summed E-state index contributed by atoms with van der Waals surface area (Å²) in [5.74, 6) is -0.187. The fourth-order valence-corrected chi connectivity index (χ4v) is 4.19. The maximum Gasteiger partial charge on any atom is 0.281 e. The molecule has 0 aliphatic rings. The Hall–Kier alpha value is -3.38. The molecule has 1 N–H and O–H groups in total. The van der Waals surface area contributed by atoms with E-state index in [1.165, 1.54) is 4.68 Å². The van der Waals surface area contributed by atoms with Crippen molar-refractivity contribution in [3.63, 3.8) is 0 Å². The number of fused-ring (bicyclic) bond motifs is 1. The van der Waals surface area contributed by atoms with Crippen LogP contribution in [0.25, 0.3) is 16.5 Å². The molecule has 7 heteroatoms. The zero-order valence-electron chi connectivity index (χ0n) is 17.8. The molecule has 0 spiro atoms. The fraction of sp³-hybridized carbons (Fsp3) is 0.208. The number of nitrogens with one attached hydrogen (secondary N) is 1. The summed E-state index contributed by atoms with van der Waals surface area (Å²) in [5, 5.41) is 9.22. The number of hydrogen-bond acceptors (Lipinski definition) is 3. The number of anilines is 1. The zero-order valence-corrected chi connectivity index (χ0v) is 18.6. The van der Waals surface area contributed by atoms with Gasteiger partial charge in [-0.15, -0.1) is 0 Å². The summed E-state index contributed by atoms with van der Waals surface area (Å²) < 4.78 is 3.28. The van der Waals surface area contributed by atoms with Gasteiger partial charge in [0, 0.05) is 27.5 Å².